The van der Waals surface area contributed by atoms with Gasteiger partial charge in [0, 0.05) is 55.7 Å². The topological polar surface area (TPSA) is 117 Å². The largest absolute Gasteiger partial charge is 0.507 e. The molecule has 2 aliphatic heterocycles. The van der Waals surface area contributed by atoms with Gasteiger partial charge in [0.05, 0.1) is 6.54 Å². The summed E-state index contributed by atoms with van der Waals surface area (Å²) in [6, 6.07) is 17.3. The Morgan fingerprint density at radius 1 is 0.950 bits per heavy atom. The van der Waals surface area contributed by atoms with Gasteiger partial charge in [-0.1, -0.05) is 12.1 Å². The smallest absolute Gasteiger partial charge is 0.410 e. The van der Waals surface area contributed by atoms with Gasteiger partial charge < -0.3 is 35.0 Å². The predicted octanol–water partition coefficient (Wildman–Crippen LogP) is 4.54. The molecule has 40 heavy (non-hydrogen) atoms. The molecular formula is C30H38N6O4. The van der Waals surface area contributed by atoms with E-state index in [-0.39, 0.29) is 23.8 Å². The number of nitrogens with zero attached hydrogens (tertiary/aromatic N) is 5. The zero-order valence-corrected chi connectivity index (χ0v) is 23.4. The summed E-state index contributed by atoms with van der Waals surface area (Å²) in [5.74, 6) is 0.832. The van der Waals surface area contributed by atoms with E-state index in [1.165, 1.54) is 0 Å². The number of phenolic OH excluding ortho intramolecular Hbond substituents is 1. The molecule has 2 fully saturated rings. The van der Waals surface area contributed by atoms with Crippen LogP contribution in [0.4, 0.5) is 22.0 Å². The molecule has 0 unspecified atom stereocenters. The summed E-state index contributed by atoms with van der Waals surface area (Å²) in [6.07, 6.45) is 1.59. The third-order valence-corrected chi connectivity index (χ3v) is 7.15. The lowest BCUT2D eigenvalue weighted by Crippen LogP contribution is -2.50. The number of piperidine rings is 1. The van der Waals surface area contributed by atoms with Gasteiger partial charge in [-0.15, -0.1) is 10.2 Å². The van der Waals surface area contributed by atoms with Crippen LogP contribution in [0.1, 0.15) is 33.6 Å². The van der Waals surface area contributed by atoms with E-state index < -0.39 is 5.60 Å². The lowest BCUT2D eigenvalue weighted by molar-refractivity contribution is 0.0240. The van der Waals surface area contributed by atoms with Crippen molar-refractivity contribution in [2.24, 2.45) is 0 Å². The number of rotatable bonds is 5. The average molecular weight is 547 g/mol. The van der Waals surface area contributed by atoms with Gasteiger partial charge in [0.25, 0.3) is 0 Å². The van der Waals surface area contributed by atoms with E-state index >= 15 is 0 Å². The van der Waals surface area contributed by atoms with Crippen LogP contribution in [-0.4, -0.2) is 77.3 Å². The third-order valence-electron chi connectivity index (χ3n) is 7.15. The molecule has 3 heterocycles. The van der Waals surface area contributed by atoms with Gasteiger partial charge >= 0.3 is 6.09 Å². The molecule has 0 radical (unpaired) electrons. The van der Waals surface area contributed by atoms with Crippen molar-refractivity contribution >= 4 is 23.3 Å². The van der Waals surface area contributed by atoms with E-state index in [2.05, 4.69) is 44.3 Å². The van der Waals surface area contributed by atoms with Gasteiger partial charge in [-0.3, -0.25) is 0 Å². The molecule has 1 atom stereocenters. The van der Waals surface area contributed by atoms with E-state index in [1.54, 1.807) is 29.2 Å². The van der Waals surface area contributed by atoms with Crippen molar-refractivity contribution in [2.45, 2.75) is 45.3 Å². The maximum atomic E-state index is 12.4. The number of anilines is 3. The Kier molecular flexibility index (Phi) is 7.86. The van der Waals surface area contributed by atoms with Crippen molar-refractivity contribution in [3.05, 3.63) is 54.6 Å². The van der Waals surface area contributed by atoms with E-state index in [1.807, 2.05) is 26.8 Å². The molecule has 1 amide bonds. The quantitative estimate of drug-likeness (QED) is 0.476. The van der Waals surface area contributed by atoms with Crippen LogP contribution in [-0.2, 0) is 4.74 Å². The number of aromatic hydroxyl groups is 1. The first-order valence-corrected chi connectivity index (χ1v) is 13.8. The van der Waals surface area contributed by atoms with Gasteiger partial charge in [0.15, 0.2) is 11.6 Å². The Balaban J connectivity index is 1.19. The molecule has 10 heteroatoms. The lowest BCUT2D eigenvalue weighted by Gasteiger charge is -2.37. The highest BCUT2D eigenvalue weighted by Gasteiger charge is 2.27. The summed E-state index contributed by atoms with van der Waals surface area (Å²) >= 11 is 0. The number of phenols is 1. The van der Waals surface area contributed by atoms with Gasteiger partial charge in [-0.05, 0) is 70.0 Å². The highest BCUT2D eigenvalue weighted by molar-refractivity contribution is 5.69. The Morgan fingerprint density at radius 2 is 1.62 bits per heavy atom. The first kappa shape index (κ1) is 27.4. The maximum absolute atomic E-state index is 12.4. The number of amides is 1. The summed E-state index contributed by atoms with van der Waals surface area (Å²) in [4.78, 5) is 18.8. The van der Waals surface area contributed by atoms with Crippen molar-refractivity contribution in [1.82, 2.24) is 15.1 Å². The zero-order valence-electron chi connectivity index (χ0n) is 23.4. The SMILES string of the molecule is CC(C)(C)OC(=O)N1CCN(c2ccc(N3CCC[C@@H](Oc4cc(-c5ccccc5O)nnc4N)C3)cc2)CC1. The minimum absolute atomic E-state index is 0.0573. The highest BCUT2D eigenvalue weighted by atomic mass is 16.6. The summed E-state index contributed by atoms with van der Waals surface area (Å²) in [7, 11) is 0. The molecule has 2 aromatic carbocycles. The van der Waals surface area contributed by atoms with Crippen LogP contribution in [0.25, 0.3) is 11.3 Å². The molecule has 2 aliphatic rings. The fourth-order valence-corrected chi connectivity index (χ4v) is 5.10. The fraction of sp³-hybridized carbons (Fsp3) is 0.433. The minimum atomic E-state index is -0.487. The second-order valence-corrected chi connectivity index (χ2v) is 11.3. The van der Waals surface area contributed by atoms with E-state index in [4.69, 9.17) is 15.2 Å². The summed E-state index contributed by atoms with van der Waals surface area (Å²) in [6.45, 7) is 10.1. The number of ether oxygens (including phenoxy) is 2. The van der Waals surface area contributed by atoms with Crippen molar-refractivity contribution in [2.75, 3.05) is 54.8 Å². The van der Waals surface area contributed by atoms with Crippen molar-refractivity contribution in [3.8, 4) is 22.8 Å². The number of piperazine rings is 1. The number of benzene rings is 2. The second-order valence-electron chi connectivity index (χ2n) is 11.3. The molecule has 0 aliphatic carbocycles. The number of aromatic nitrogens is 2. The first-order valence-electron chi connectivity index (χ1n) is 13.8. The molecule has 1 aromatic heterocycles. The zero-order chi connectivity index (χ0) is 28.3. The standard InChI is InChI=1S/C30H38N6O4/c1-30(2,3)40-29(38)35-17-15-34(16-18-35)21-10-12-22(13-11-21)36-14-6-7-23(20-36)39-27-19-25(32-33-28(27)31)24-8-4-5-9-26(24)37/h4-5,8-13,19,23,37H,6-7,14-18,20H2,1-3H3,(H2,31,33)/t23-/m1/s1. The first-order chi connectivity index (χ1) is 19.2. The average Bonchev–Trinajstić information content (AvgIpc) is 2.94. The third kappa shape index (κ3) is 6.50. The van der Waals surface area contributed by atoms with Gasteiger partial charge in [0.1, 0.15) is 23.1 Å². The van der Waals surface area contributed by atoms with Crippen LogP contribution < -0.4 is 20.3 Å². The number of nitrogens with two attached hydrogens (primary N) is 1. The monoisotopic (exact) mass is 546 g/mol. The van der Waals surface area contributed by atoms with Gasteiger partial charge in [-0.2, -0.15) is 0 Å². The lowest BCUT2D eigenvalue weighted by atomic mass is 10.1. The summed E-state index contributed by atoms with van der Waals surface area (Å²) in [5, 5.41) is 18.4. The molecular weight excluding hydrogens is 508 g/mol. The Labute approximate surface area is 235 Å². The van der Waals surface area contributed by atoms with Crippen LogP contribution in [0.15, 0.2) is 54.6 Å². The maximum Gasteiger partial charge on any atom is 0.410 e. The van der Waals surface area contributed by atoms with Crippen molar-refractivity contribution < 1.29 is 19.4 Å². The Morgan fingerprint density at radius 3 is 2.30 bits per heavy atom. The summed E-state index contributed by atoms with van der Waals surface area (Å²) in [5.41, 5.74) is 8.99. The molecule has 5 rings (SSSR count). The number of nitrogen functional groups attached to an aromatic ring is 1. The van der Waals surface area contributed by atoms with Crippen molar-refractivity contribution in [3.63, 3.8) is 0 Å². The van der Waals surface area contributed by atoms with E-state index in [9.17, 15) is 9.90 Å². The molecule has 2 saturated heterocycles. The van der Waals surface area contributed by atoms with Crippen LogP contribution in [0.3, 0.4) is 0 Å². The second kappa shape index (κ2) is 11.5. The Bertz CT molecular complexity index is 1320. The fourth-order valence-electron chi connectivity index (χ4n) is 5.10. The normalized spacial score (nSPS) is 18.0. The number of hydrogen-bond acceptors (Lipinski definition) is 9. The molecule has 10 nitrogen and oxygen atoms in total. The number of para-hydroxylation sites is 1. The molecule has 0 bridgehead atoms. The predicted molar refractivity (Wildman–Crippen MR) is 156 cm³/mol. The van der Waals surface area contributed by atoms with Gasteiger partial charge in [0.2, 0.25) is 0 Å². The van der Waals surface area contributed by atoms with Gasteiger partial charge in [-0.25, -0.2) is 4.79 Å². The van der Waals surface area contributed by atoms with Crippen molar-refractivity contribution in [1.29, 1.82) is 0 Å². The van der Waals surface area contributed by atoms with Crippen LogP contribution in [0.5, 0.6) is 11.5 Å². The molecule has 212 valence electrons. The Hall–Kier alpha value is -4.21. The van der Waals surface area contributed by atoms with Crippen LogP contribution in [0.2, 0.25) is 0 Å². The summed E-state index contributed by atoms with van der Waals surface area (Å²) < 4.78 is 11.8. The molecule has 3 aromatic rings. The minimum Gasteiger partial charge on any atom is -0.507 e. The van der Waals surface area contributed by atoms with Crippen LogP contribution >= 0.6 is 0 Å². The highest BCUT2D eigenvalue weighted by Crippen LogP contribution is 2.32. The molecule has 3 N–H and O–H groups in total. The number of carbonyl (C=O) groups is 1. The number of carbonyl (C=O) groups excluding carboxylic acids is 1. The van der Waals surface area contributed by atoms with Crippen LogP contribution in [0, 0.1) is 0 Å². The molecule has 0 saturated carbocycles. The number of hydrogen-bond donors (Lipinski definition) is 2. The molecule has 0 spiro atoms. The van der Waals surface area contributed by atoms with E-state index in [0.717, 1.165) is 50.4 Å². The van der Waals surface area contributed by atoms with E-state index in [0.29, 0.717) is 30.1 Å².